The third kappa shape index (κ3) is 4.19. The molecule has 0 saturated carbocycles. The smallest absolute Gasteiger partial charge is 0.213 e. The Morgan fingerprint density at radius 1 is 0.966 bits per heavy atom. The van der Waals surface area contributed by atoms with Crippen LogP contribution in [0.3, 0.4) is 0 Å². The van der Waals surface area contributed by atoms with Crippen LogP contribution >= 0.6 is 0 Å². The predicted molar refractivity (Wildman–Crippen MR) is 110 cm³/mol. The van der Waals surface area contributed by atoms with Gasteiger partial charge in [-0.2, -0.15) is 0 Å². The Hall–Kier alpha value is -3.08. The lowest BCUT2D eigenvalue weighted by Crippen LogP contribution is -2.03. The minimum absolute atomic E-state index is 0.00285. The van der Waals surface area contributed by atoms with E-state index in [4.69, 9.17) is 4.74 Å². The van der Waals surface area contributed by atoms with Crippen LogP contribution in [0, 0.1) is 11.6 Å². The second-order valence-electron chi connectivity index (χ2n) is 7.08. The van der Waals surface area contributed by atoms with E-state index in [9.17, 15) is 8.78 Å². The van der Waals surface area contributed by atoms with Gasteiger partial charge in [-0.25, -0.2) is 13.8 Å². The third-order valence-corrected chi connectivity index (χ3v) is 5.04. The van der Waals surface area contributed by atoms with E-state index >= 15 is 0 Å². The van der Waals surface area contributed by atoms with Gasteiger partial charge in [0.1, 0.15) is 11.6 Å². The number of aliphatic imine (C=N–C) groups is 1. The molecule has 4 rings (SSSR count). The molecular formula is C24H22F2N2O. The van der Waals surface area contributed by atoms with Crippen molar-refractivity contribution in [2.75, 3.05) is 6.61 Å². The van der Waals surface area contributed by atoms with Crippen molar-refractivity contribution in [3.05, 3.63) is 83.6 Å². The Kier molecular flexibility index (Phi) is 5.65. The zero-order valence-electron chi connectivity index (χ0n) is 16.2. The fraction of sp³-hybridized carbons (Fsp3) is 0.250. The minimum Gasteiger partial charge on any atom is -0.478 e. The average Bonchev–Trinajstić information content (AvgIpc) is 3.22. The highest BCUT2D eigenvalue weighted by Gasteiger charge is 2.24. The molecule has 1 aliphatic rings. The van der Waals surface area contributed by atoms with Gasteiger partial charge in [-0.1, -0.05) is 37.3 Å². The lowest BCUT2D eigenvalue weighted by atomic mass is 10.00. The molecule has 3 aromatic rings. The van der Waals surface area contributed by atoms with Crippen molar-refractivity contribution in [1.82, 2.24) is 4.98 Å². The molecule has 29 heavy (non-hydrogen) atoms. The highest BCUT2D eigenvalue weighted by atomic mass is 19.1. The number of benzene rings is 2. The van der Waals surface area contributed by atoms with Crippen LogP contribution in [0.15, 0.2) is 65.8 Å². The number of aromatic nitrogens is 1. The molecule has 0 amide bonds. The Bertz CT molecular complexity index is 994. The van der Waals surface area contributed by atoms with Crippen LogP contribution < -0.4 is 4.74 Å². The van der Waals surface area contributed by atoms with Gasteiger partial charge in [-0.3, -0.25) is 4.99 Å². The molecule has 2 heterocycles. The highest BCUT2D eigenvalue weighted by molar-refractivity contribution is 6.02. The van der Waals surface area contributed by atoms with Gasteiger partial charge in [-0.15, -0.1) is 0 Å². The standard InChI is InChI=1S/C24H22F2N2O/c1-2-14-29-23-13-10-18(15-27-23)16-6-8-17(9-7-16)21-11-12-22(28-21)24-19(25)4-3-5-20(24)26/h3-10,13,15,21H,2,11-12,14H2,1H3. The summed E-state index contributed by atoms with van der Waals surface area (Å²) in [6.45, 7) is 2.71. The van der Waals surface area contributed by atoms with E-state index < -0.39 is 11.6 Å². The molecule has 1 aliphatic heterocycles. The number of nitrogens with zero attached hydrogens (tertiary/aromatic N) is 2. The Morgan fingerprint density at radius 3 is 2.34 bits per heavy atom. The molecule has 0 spiro atoms. The number of ether oxygens (including phenoxy) is 1. The molecular weight excluding hydrogens is 370 g/mol. The second kappa shape index (κ2) is 8.52. The largest absolute Gasteiger partial charge is 0.478 e. The van der Waals surface area contributed by atoms with E-state index in [1.807, 2.05) is 36.4 Å². The molecule has 0 aliphatic carbocycles. The maximum atomic E-state index is 14.0. The van der Waals surface area contributed by atoms with Gasteiger partial charge in [0.25, 0.3) is 0 Å². The van der Waals surface area contributed by atoms with Gasteiger partial charge in [0, 0.05) is 23.5 Å². The van der Waals surface area contributed by atoms with Crippen molar-refractivity contribution < 1.29 is 13.5 Å². The molecule has 1 unspecified atom stereocenters. The molecule has 3 nitrogen and oxygen atoms in total. The summed E-state index contributed by atoms with van der Waals surface area (Å²) in [5.41, 5.74) is 3.59. The maximum Gasteiger partial charge on any atom is 0.213 e. The molecule has 1 aromatic heterocycles. The summed E-state index contributed by atoms with van der Waals surface area (Å²) in [4.78, 5) is 8.94. The topological polar surface area (TPSA) is 34.5 Å². The van der Waals surface area contributed by atoms with Crippen LogP contribution in [0.2, 0.25) is 0 Å². The molecule has 0 bridgehead atoms. The van der Waals surface area contributed by atoms with E-state index in [2.05, 4.69) is 16.9 Å². The molecule has 0 radical (unpaired) electrons. The Balaban J connectivity index is 1.50. The van der Waals surface area contributed by atoms with Crippen LogP contribution in [0.4, 0.5) is 8.78 Å². The quantitative estimate of drug-likeness (QED) is 0.505. The second-order valence-corrected chi connectivity index (χ2v) is 7.08. The van der Waals surface area contributed by atoms with Crippen molar-refractivity contribution in [1.29, 1.82) is 0 Å². The van der Waals surface area contributed by atoms with Crippen LogP contribution in [0.1, 0.15) is 43.4 Å². The van der Waals surface area contributed by atoms with Crippen LogP contribution in [0.25, 0.3) is 11.1 Å². The maximum absolute atomic E-state index is 14.0. The minimum atomic E-state index is -0.557. The van der Waals surface area contributed by atoms with Gasteiger partial charge < -0.3 is 4.74 Å². The summed E-state index contributed by atoms with van der Waals surface area (Å²) in [5.74, 6) is -0.488. The Labute approximate surface area is 169 Å². The van der Waals surface area contributed by atoms with E-state index in [0.29, 0.717) is 24.6 Å². The third-order valence-electron chi connectivity index (χ3n) is 5.04. The predicted octanol–water partition coefficient (Wildman–Crippen LogP) is 6.14. The summed E-state index contributed by atoms with van der Waals surface area (Å²) in [5, 5.41) is 0. The van der Waals surface area contributed by atoms with Crippen LogP contribution in [0.5, 0.6) is 5.88 Å². The zero-order chi connectivity index (χ0) is 20.2. The van der Waals surface area contributed by atoms with Gasteiger partial charge in [0.2, 0.25) is 5.88 Å². The summed E-state index contributed by atoms with van der Waals surface area (Å²) < 4.78 is 33.6. The normalized spacial score (nSPS) is 16.0. The summed E-state index contributed by atoms with van der Waals surface area (Å²) >= 11 is 0. The lowest BCUT2D eigenvalue weighted by molar-refractivity contribution is 0.305. The number of hydrogen-bond acceptors (Lipinski definition) is 3. The van der Waals surface area contributed by atoms with Gasteiger partial charge in [0.05, 0.1) is 18.2 Å². The molecule has 2 aromatic carbocycles. The fourth-order valence-electron chi connectivity index (χ4n) is 3.54. The summed E-state index contributed by atoms with van der Waals surface area (Å²) in [6.07, 6.45) is 4.05. The number of hydrogen-bond donors (Lipinski definition) is 0. The molecule has 0 fully saturated rings. The molecule has 0 N–H and O–H groups in total. The van der Waals surface area contributed by atoms with Crippen molar-refractivity contribution in [2.45, 2.75) is 32.2 Å². The molecule has 148 valence electrons. The summed E-state index contributed by atoms with van der Waals surface area (Å²) in [6, 6.07) is 15.8. The number of rotatable bonds is 6. The number of halogens is 2. The van der Waals surface area contributed by atoms with E-state index in [-0.39, 0.29) is 11.6 Å². The first-order valence-corrected chi connectivity index (χ1v) is 9.86. The van der Waals surface area contributed by atoms with E-state index in [0.717, 1.165) is 29.5 Å². The SMILES string of the molecule is CCCOc1ccc(-c2ccc(C3CCC(c4c(F)cccc4F)=N3)cc2)cn1. The van der Waals surface area contributed by atoms with Gasteiger partial charge in [-0.05, 0) is 48.6 Å². The van der Waals surface area contributed by atoms with E-state index in [1.165, 1.54) is 18.2 Å². The number of pyridine rings is 1. The highest BCUT2D eigenvalue weighted by Crippen LogP contribution is 2.33. The van der Waals surface area contributed by atoms with Crippen LogP contribution in [-0.2, 0) is 0 Å². The van der Waals surface area contributed by atoms with Gasteiger partial charge >= 0.3 is 0 Å². The Morgan fingerprint density at radius 2 is 1.69 bits per heavy atom. The monoisotopic (exact) mass is 392 g/mol. The molecule has 0 saturated heterocycles. The summed E-state index contributed by atoms with van der Waals surface area (Å²) in [7, 11) is 0. The zero-order valence-corrected chi connectivity index (χ0v) is 16.2. The first kappa shape index (κ1) is 19.2. The molecule has 1 atom stereocenters. The van der Waals surface area contributed by atoms with Gasteiger partial charge in [0.15, 0.2) is 0 Å². The first-order valence-electron chi connectivity index (χ1n) is 9.86. The van der Waals surface area contributed by atoms with Crippen molar-refractivity contribution >= 4 is 5.71 Å². The van der Waals surface area contributed by atoms with Crippen LogP contribution in [-0.4, -0.2) is 17.3 Å². The average molecular weight is 392 g/mol. The van der Waals surface area contributed by atoms with Crippen molar-refractivity contribution in [2.24, 2.45) is 4.99 Å². The first-order chi connectivity index (χ1) is 14.2. The fourth-order valence-corrected chi connectivity index (χ4v) is 3.54. The van der Waals surface area contributed by atoms with Crippen molar-refractivity contribution in [3.63, 3.8) is 0 Å². The molecule has 5 heteroatoms. The van der Waals surface area contributed by atoms with Crippen molar-refractivity contribution in [3.8, 4) is 17.0 Å². The lowest BCUT2D eigenvalue weighted by Gasteiger charge is -2.09. The van der Waals surface area contributed by atoms with E-state index in [1.54, 1.807) is 6.20 Å².